The van der Waals surface area contributed by atoms with Crippen LogP contribution in [0.25, 0.3) is 0 Å². The summed E-state index contributed by atoms with van der Waals surface area (Å²) < 4.78 is 0.582. The molecule has 3 saturated heterocycles. The number of nitrogens with one attached hydrogen (secondary N) is 2. The summed E-state index contributed by atoms with van der Waals surface area (Å²) in [6.07, 6.45) is 1.43. The van der Waals surface area contributed by atoms with Crippen LogP contribution < -0.4 is 10.6 Å². The number of para-hydroxylation sites is 2. The van der Waals surface area contributed by atoms with Gasteiger partial charge in [0, 0.05) is 36.1 Å². The lowest BCUT2D eigenvalue weighted by Crippen LogP contribution is -2.62. The number of Topliss-reactive ketones (excluding diaryl/α,β-unsaturated/α-hetero) is 1. The average molecular weight is 315 g/mol. The van der Waals surface area contributed by atoms with Crippen LogP contribution in [0.15, 0.2) is 24.3 Å². The zero-order chi connectivity index (χ0) is 16.0. The third kappa shape index (κ3) is 2.31. The highest BCUT2D eigenvalue weighted by atomic mass is 16.3. The lowest BCUT2D eigenvalue weighted by atomic mass is 9.80. The number of piperidine rings is 3. The second-order valence-electron chi connectivity index (χ2n) is 6.58. The Bertz CT molecular complexity index is 681. The van der Waals surface area contributed by atoms with E-state index in [4.69, 9.17) is 0 Å². The van der Waals surface area contributed by atoms with Crippen molar-refractivity contribution < 1.29 is 14.3 Å². The van der Waals surface area contributed by atoms with Gasteiger partial charge in [-0.25, -0.2) is 0 Å². The molecule has 4 aliphatic heterocycles. The van der Waals surface area contributed by atoms with E-state index in [-0.39, 0.29) is 5.54 Å². The molecule has 0 saturated carbocycles. The molecule has 4 heterocycles. The van der Waals surface area contributed by atoms with Gasteiger partial charge in [0.1, 0.15) is 5.69 Å². The monoisotopic (exact) mass is 315 g/mol. The van der Waals surface area contributed by atoms with Gasteiger partial charge in [0.05, 0.1) is 4.76 Å². The Morgan fingerprint density at radius 2 is 1.83 bits per heavy atom. The number of anilines is 1. The Morgan fingerprint density at radius 1 is 1.17 bits per heavy atom. The first-order chi connectivity index (χ1) is 11.1. The van der Waals surface area contributed by atoms with Crippen LogP contribution in [0.1, 0.15) is 19.3 Å². The molecule has 7 heteroatoms. The highest BCUT2D eigenvalue weighted by Crippen LogP contribution is 2.33. The van der Waals surface area contributed by atoms with E-state index in [1.54, 1.807) is 24.3 Å². The Balaban J connectivity index is 1.47. The van der Waals surface area contributed by atoms with E-state index in [0.29, 0.717) is 16.1 Å². The van der Waals surface area contributed by atoms with Gasteiger partial charge in [0.15, 0.2) is 0 Å². The smallest absolute Gasteiger partial charge is 0.344 e. The van der Waals surface area contributed by atoms with Crippen molar-refractivity contribution in [1.82, 2.24) is 10.2 Å². The van der Waals surface area contributed by atoms with Crippen molar-refractivity contribution in [1.29, 1.82) is 0 Å². The van der Waals surface area contributed by atoms with Gasteiger partial charge in [-0.1, -0.05) is 12.1 Å². The van der Waals surface area contributed by atoms with Crippen molar-refractivity contribution in [3.63, 3.8) is 0 Å². The SMILES string of the molecule is O=C(NC12CCN(CC1)CC2)C(=O)C1Nc2ccccc2[N+]1=O. The zero-order valence-corrected chi connectivity index (χ0v) is 12.7. The molecule has 0 spiro atoms. The van der Waals surface area contributed by atoms with E-state index in [1.807, 2.05) is 0 Å². The van der Waals surface area contributed by atoms with Crippen molar-refractivity contribution in [2.75, 3.05) is 25.0 Å². The molecule has 120 valence electrons. The minimum atomic E-state index is -1.17. The lowest BCUT2D eigenvalue weighted by molar-refractivity contribution is -0.474. The van der Waals surface area contributed by atoms with E-state index < -0.39 is 17.9 Å². The van der Waals surface area contributed by atoms with Crippen LogP contribution in [0.2, 0.25) is 0 Å². The molecule has 3 fully saturated rings. The maximum Gasteiger partial charge on any atom is 0.349 e. The number of nitrogens with zero attached hydrogens (tertiary/aromatic N) is 2. The number of fused-ring (bicyclic) bond motifs is 4. The van der Waals surface area contributed by atoms with Crippen LogP contribution >= 0.6 is 0 Å². The number of carbonyl (C=O) groups is 2. The highest BCUT2D eigenvalue weighted by Gasteiger charge is 2.48. The molecule has 0 aromatic heterocycles. The fourth-order valence-electron chi connectivity index (χ4n) is 3.75. The van der Waals surface area contributed by atoms with Crippen molar-refractivity contribution in [3.05, 3.63) is 29.2 Å². The lowest BCUT2D eigenvalue weighted by Gasteiger charge is -2.48. The molecule has 0 aliphatic carbocycles. The summed E-state index contributed by atoms with van der Waals surface area (Å²) in [6, 6.07) is 6.87. The predicted octanol–water partition coefficient (Wildman–Crippen LogP) is 0.772. The minimum absolute atomic E-state index is 0.277. The second-order valence-corrected chi connectivity index (χ2v) is 6.58. The number of benzene rings is 1. The van der Waals surface area contributed by atoms with E-state index in [2.05, 4.69) is 15.5 Å². The Hall–Kier alpha value is -2.28. The predicted molar refractivity (Wildman–Crippen MR) is 83.3 cm³/mol. The first-order valence-electron chi connectivity index (χ1n) is 7.99. The maximum atomic E-state index is 12.4. The number of rotatable bonds is 3. The maximum absolute atomic E-state index is 12.4. The third-order valence-electron chi connectivity index (χ3n) is 5.24. The van der Waals surface area contributed by atoms with Gasteiger partial charge >= 0.3 is 11.9 Å². The highest BCUT2D eigenvalue weighted by molar-refractivity contribution is 6.38. The number of ketones is 1. The Kier molecular flexibility index (Phi) is 3.19. The minimum Gasteiger partial charge on any atom is -0.344 e. The summed E-state index contributed by atoms with van der Waals surface area (Å²) in [5, 5.41) is 5.76. The summed E-state index contributed by atoms with van der Waals surface area (Å²) in [5.74, 6) is -1.38. The van der Waals surface area contributed by atoms with Crippen LogP contribution in [0.5, 0.6) is 0 Å². The van der Waals surface area contributed by atoms with Crippen LogP contribution in [-0.2, 0) is 9.59 Å². The quantitative estimate of drug-likeness (QED) is 0.636. The normalized spacial score (nSPS) is 31.4. The van der Waals surface area contributed by atoms with Crippen molar-refractivity contribution in [2.24, 2.45) is 0 Å². The fourth-order valence-corrected chi connectivity index (χ4v) is 3.75. The molecule has 7 nitrogen and oxygen atoms in total. The first-order valence-corrected chi connectivity index (χ1v) is 7.99. The van der Waals surface area contributed by atoms with Gasteiger partial charge in [-0.15, -0.1) is 0 Å². The molecule has 2 N–H and O–H groups in total. The van der Waals surface area contributed by atoms with Crippen LogP contribution in [0.3, 0.4) is 0 Å². The van der Waals surface area contributed by atoms with Gasteiger partial charge in [-0.3, -0.25) is 9.59 Å². The summed E-state index contributed by atoms with van der Waals surface area (Å²) >= 11 is 0. The molecule has 1 aromatic carbocycles. The van der Waals surface area contributed by atoms with Crippen molar-refractivity contribution >= 4 is 23.1 Å². The zero-order valence-electron chi connectivity index (χ0n) is 12.7. The van der Waals surface area contributed by atoms with Gasteiger partial charge in [-0.2, -0.15) is 0 Å². The summed E-state index contributed by atoms with van der Waals surface area (Å²) in [5.41, 5.74) is 0.696. The van der Waals surface area contributed by atoms with E-state index >= 15 is 0 Å². The number of hydrogen-bond donors (Lipinski definition) is 2. The van der Waals surface area contributed by atoms with Crippen LogP contribution in [0.4, 0.5) is 11.4 Å². The molecular weight excluding hydrogens is 296 g/mol. The Labute approximate surface area is 133 Å². The number of amides is 1. The van der Waals surface area contributed by atoms with Gasteiger partial charge in [0.2, 0.25) is 0 Å². The fraction of sp³-hybridized carbons (Fsp3) is 0.500. The van der Waals surface area contributed by atoms with E-state index in [0.717, 1.165) is 38.9 Å². The molecule has 1 atom stereocenters. The molecule has 0 radical (unpaired) electrons. The van der Waals surface area contributed by atoms with Gasteiger partial charge < -0.3 is 15.5 Å². The average Bonchev–Trinajstić information content (AvgIpc) is 2.93. The second kappa shape index (κ2) is 5.13. The molecule has 2 bridgehead atoms. The van der Waals surface area contributed by atoms with Gasteiger partial charge in [-0.05, 0) is 25.3 Å². The number of nitroso groups, excluding NO2 is 1. The van der Waals surface area contributed by atoms with Crippen LogP contribution in [0, 0.1) is 4.91 Å². The topological polar surface area (TPSA) is 81.5 Å². The summed E-state index contributed by atoms with van der Waals surface area (Å²) in [7, 11) is 0. The van der Waals surface area contributed by atoms with E-state index in [1.165, 1.54) is 0 Å². The third-order valence-corrected chi connectivity index (χ3v) is 5.24. The summed E-state index contributed by atoms with van der Waals surface area (Å²) in [6.45, 7) is 2.86. The largest absolute Gasteiger partial charge is 0.349 e. The van der Waals surface area contributed by atoms with Crippen molar-refractivity contribution in [3.8, 4) is 0 Å². The number of carbonyl (C=O) groups excluding carboxylic acids is 2. The molecule has 1 unspecified atom stereocenters. The molecular formula is C16H19N4O3+. The first kappa shape index (κ1) is 14.3. The molecule has 5 rings (SSSR count). The molecule has 1 amide bonds. The molecule has 1 aromatic rings. The molecule has 23 heavy (non-hydrogen) atoms. The van der Waals surface area contributed by atoms with Gasteiger partial charge in [0.25, 0.3) is 11.6 Å². The Morgan fingerprint density at radius 3 is 2.48 bits per heavy atom. The van der Waals surface area contributed by atoms with Crippen LogP contribution in [-0.4, -0.2) is 52.7 Å². The van der Waals surface area contributed by atoms with E-state index in [9.17, 15) is 14.5 Å². The standard InChI is InChI=1S/C16H18N4O3/c21-13(14-17-11-3-1-2-4-12(11)20(14)23)15(22)18-16-5-8-19(9-6-16)10-7-16/h1-4,14H,5-10H2,(H-,17,18,22,23)/p+1. The van der Waals surface area contributed by atoms with Crippen molar-refractivity contribution in [2.45, 2.75) is 31.0 Å². The number of hydrogen-bond acceptors (Lipinski definition) is 5. The molecule has 4 aliphatic rings. The summed E-state index contributed by atoms with van der Waals surface area (Å²) in [4.78, 5) is 39.4.